The minimum atomic E-state index is -0.337. The van der Waals surface area contributed by atoms with E-state index in [2.05, 4.69) is 6.07 Å². The molecular formula is C15H14O2. The Balaban J connectivity index is 2.28. The van der Waals surface area contributed by atoms with E-state index in [1.54, 1.807) is 6.92 Å². The van der Waals surface area contributed by atoms with Gasteiger partial charge in [-0.1, -0.05) is 12.1 Å². The SMILES string of the molecule is CC1=Cc2ccc3c(c2C(=O)C1=O)CCCC3. The van der Waals surface area contributed by atoms with Gasteiger partial charge in [-0.2, -0.15) is 0 Å². The molecular weight excluding hydrogens is 212 g/mol. The van der Waals surface area contributed by atoms with Crippen LogP contribution in [0, 0.1) is 0 Å². The molecule has 2 nitrogen and oxygen atoms in total. The molecule has 0 N–H and O–H groups in total. The van der Waals surface area contributed by atoms with Gasteiger partial charge in [0.15, 0.2) is 0 Å². The summed E-state index contributed by atoms with van der Waals surface area (Å²) in [5, 5.41) is 0. The lowest BCUT2D eigenvalue weighted by molar-refractivity contribution is -0.111. The summed E-state index contributed by atoms with van der Waals surface area (Å²) in [4.78, 5) is 23.9. The number of allylic oxidation sites excluding steroid dienone is 1. The van der Waals surface area contributed by atoms with E-state index in [0.29, 0.717) is 11.1 Å². The van der Waals surface area contributed by atoms with Crippen LogP contribution >= 0.6 is 0 Å². The van der Waals surface area contributed by atoms with Crippen molar-refractivity contribution in [3.63, 3.8) is 0 Å². The van der Waals surface area contributed by atoms with Crippen LogP contribution in [0.3, 0.4) is 0 Å². The van der Waals surface area contributed by atoms with Crippen molar-refractivity contribution in [3.05, 3.63) is 40.0 Å². The maximum atomic E-state index is 12.1. The van der Waals surface area contributed by atoms with Gasteiger partial charge in [-0.3, -0.25) is 9.59 Å². The van der Waals surface area contributed by atoms with Gasteiger partial charge in [0.1, 0.15) is 0 Å². The molecule has 0 saturated heterocycles. The maximum Gasteiger partial charge on any atom is 0.234 e. The summed E-state index contributed by atoms with van der Waals surface area (Å²) in [6, 6.07) is 4.09. The van der Waals surface area contributed by atoms with Gasteiger partial charge in [0, 0.05) is 11.1 Å². The Morgan fingerprint density at radius 3 is 2.59 bits per heavy atom. The Labute approximate surface area is 100 Å². The van der Waals surface area contributed by atoms with Gasteiger partial charge < -0.3 is 0 Å². The van der Waals surface area contributed by atoms with Crippen LogP contribution in [0.25, 0.3) is 6.08 Å². The lowest BCUT2D eigenvalue weighted by Gasteiger charge is -2.22. The van der Waals surface area contributed by atoms with E-state index in [-0.39, 0.29) is 11.6 Å². The molecule has 17 heavy (non-hydrogen) atoms. The Bertz CT molecular complexity index is 565. The highest BCUT2D eigenvalue weighted by atomic mass is 16.2. The zero-order valence-electron chi connectivity index (χ0n) is 9.88. The molecule has 3 rings (SSSR count). The fraction of sp³-hybridized carbons (Fsp3) is 0.333. The molecule has 0 aromatic heterocycles. The summed E-state index contributed by atoms with van der Waals surface area (Å²) in [7, 11) is 0. The van der Waals surface area contributed by atoms with Crippen molar-refractivity contribution >= 4 is 17.6 Å². The second-order valence-corrected chi connectivity index (χ2v) is 4.86. The van der Waals surface area contributed by atoms with E-state index in [9.17, 15) is 9.59 Å². The van der Waals surface area contributed by atoms with Crippen LogP contribution in [0.5, 0.6) is 0 Å². The topological polar surface area (TPSA) is 34.1 Å². The predicted octanol–water partition coefficient (Wildman–Crippen LogP) is 2.73. The van der Waals surface area contributed by atoms with Gasteiger partial charge in [0.25, 0.3) is 0 Å². The van der Waals surface area contributed by atoms with E-state index in [4.69, 9.17) is 0 Å². The molecule has 0 fully saturated rings. The van der Waals surface area contributed by atoms with Gasteiger partial charge in [0.2, 0.25) is 11.6 Å². The molecule has 0 bridgehead atoms. The molecule has 2 aliphatic rings. The number of benzene rings is 1. The predicted molar refractivity (Wildman–Crippen MR) is 66.1 cm³/mol. The zero-order valence-corrected chi connectivity index (χ0v) is 9.88. The highest BCUT2D eigenvalue weighted by Crippen LogP contribution is 2.31. The monoisotopic (exact) mass is 226 g/mol. The molecule has 0 radical (unpaired) electrons. The fourth-order valence-corrected chi connectivity index (χ4v) is 2.83. The average molecular weight is 226 g/mol. The van der Waals surface area contributed by atoms with Crippen LogP contribution in [-0.2, 0) is 17.6 Å². The van der Waals surface area contributed by atoms with Crippen molar-refractivity contribution in [2.45, 2.75) is 32.6 Å². The van der Waals surface area contributed by atoms with Crippen molar-refractivity contribution in [3.8, 4) is 0 Å². The third-order valence-corrected chi connectivity index (χ3v) is 3.73. The molecule has 0 heterocycles. The quantitative estimate of drug-likeness (QED) is 0.637. The molecule has 0 spiro atoms. The number of fused-ring (bicyclic) bond motifs is 3. The van der Waals surface area contributed by atoms with Gasteiger partial charge in [-0.25, -0.2) is 0 Å². The first-order valence-electron chi connectivity index (χ1n) is 6.10. The molecule has 0 amide bonds. The molecule has 2 heteroatoms. The molecule has 2 aliphatic carbocycles. The summed E-state index contributed by atoms with van der Waals surface area (Å²) in [6.07, 6.45) is 6.11. The highest BCUT2D eigenvalue weighted by molar-refractivity contribution is 6.51. The van der Waals surface area contributed by atoms with Crippen LogP contribution in [0.4, 0.5) is 0 Å². The van der Waals surface area contributed by atoms with Crippen molar-refractivity contribution < 1.29 is 9.59 Å². The normalized spacial score (nSPS) is 18.5. The summed E-state index contributed by atoms with van der Waals surface area (Å²) < 4.78 is 0. The first kappa shape index (κ1) is 10.5. The minimum Gasteiger partial charge on any atom is -0.285 e. The summed E-state index contributed by atoms with van der Waals surface area (Å²) >= 11 is 0. The number of carbonyl (C=O) groups excluding carboxylic acids is 2. The van der Waals surface area contributed by atoms with E-state index in [1.807, 2.05) is 12.1 Å². The van der Waals surface area contributed by atoms with Crippen molar-refractivity contribution in [2.24, 2.45) is 0 Å². The number of hydrogen-bond donors (Lipinski definition) is 0. The van der Waals surface area contributed by atoms with Crippen LogP contribution in [-0.4, -0.2) is 11.6 Å². The first-order valence-corrected chi connectivity index (χ1v) is 6.10. The molecule has 0 unspecified atom stereocenters. The van der Waals surface area contributed by atoms with E-state index in [1.165, 1.54) is 12.0 Å². The average Bonchev–Trinajstić information content (AvgIpc) is 2.35. The minimum absolute atomic E-state index is 0.307. The standard InChI is InChI=1S/C15H14O2/c1-9-8-11-7-6-10-4-2-3-5-12(10)13(11)15(17)14(9)16/h6-8H,2-5H2,1H3. The lowest BCUT2D eigenvalue weighted by Crippen LogP contribution is -2.23. The lowest BCUT2D eigenvalue weighted by atomic mass is 9.80. The van der Waals surface area contributed by atoms with Crippen LogP contribution in [0.1, 0.15) is 46.8 Å². The van der Waals surface area contributed by atoms with E-state index < -0.39 is 0 Å². The van der Waals surface area contributed by atoms with Gasteiger partial charge >= 0.3 is 0 Å². The summed E-state index contributed by atoms with van der Waals surface area (Å²) in [6.45, 7) is 1.71. The second kappa shape index (κ2) is 3.66. The molecule has 1 aromatic rings. The van der Waals surface area contributed by atoms with Gasteiger partial charge in [0.05, 0.1) is 0 Å². The van der Waals surface area contributed by atoms with Crippen molar-refractivity contribution in [1.29, 1.82) is 0 Å². The van der Waals surface area contributed by atoms with Crippen LogP contribution in [0.15, 0.2) is 17.7 Å². The Morgan fingerprint density at radius 1 is 1.00 bits per heavy atom. The second-order valence-electron chi connectivity index (χ2n) is 4.86. The Hall–Kier alpha value is -1.70. The van der Waals surface area contributed by atoms with Crippen molar-refractivity contribution in [1.82, 2.24) is 0 Å². The summed E-state index contributed by atoms with van der Waals surface area (Å²) in [5.41, 5.74) is 4.53. The maximum absolute atomic E-state index is 12.1. The number of ketones is 2. The van der Waals surface area contributed by atoms with Crippen molar-refractivity contribution in [2.75, 3.05) is 0 Å². The third-order valence-electron chi connectivity index (χ3n) is 3.73. The molecule has 1 aromatic carbocycles. The van der Waals surface area contributed by atoms with E-state index in [0.717, 1.165) is 30.4 Å². The number of hydrogen-bond acceptors (Lipinski definition) is 2. The molecule has 0 atom stereocenters. The number of carbonyl (C=O) groups is 2. The van der Waals surface area contributed by atoms with E-state index >= 15 is 0 Å². The smallest absolute Gasteiger partial charge is 0.234 e. The highest BCUT2D eigenvalue weighted by Gasteiger charge is 2.29. The largest absolute Gasteiger partial charge is 0.285 e. The van der Waals surface area contributed by atoms with Gasteiger partial charge in [-0.15, -0.1) is 0 Å². The summed E-state index contributed by atoms with van der Waals surface area (Å²) in [5.74, 6) is -0.643. The zero-order chi connectivity index (χ0) is 12.0. The van der Waals surface area contributed by atoms with Crippen LogP contribution < -0.4 is 0 Å². The Morgan fingerprint density at radius 2 is 1.76 bits per heavy atom. The molecule has 86 valence electrons. The van der Waals surface area contributed by atoms with Gasteiger partial charge in [-0.05, 0) is 55.4 Å². The third kappa shape index (κ3) is 1.47. The fourth-order valence-electron chi connectivity index (χ4n) is 2.83. The first-order chi connectivity index (χ1) is 8.18. The number of Topliss-reactive ketones (excluding diaryl/α,β-unsaturated/α-hetero) is 2. The molecule has 0 aliphatic heterocycles. The molecule has 0 saturated carbocycles. The number of rotatable bonds is 0. The Kier molecular flexibility index (Phi) is 2.25. The number of aryl methyl sites for hydroxylation is 1. The van der Waals surface area contributed by atoms with Crippen LogP contribution in [0.2, 0.25) is 0 Å².